The van der Waals surface area contributed by atoms with Gasteiger partial charge in [0.1, 0.15) is 18.4 Å². The fourth-order valence-corrected chi connectivity index (χ4v) is 4.00. The normalized spacial score (nSPS) is 15.0. The zero-order valence-corrected chi connectivity index (χ0v) is 18.0. The summed E-state index contributed by atoms with van der Waals surface area (Å²) in [7, 11) is 0. The van der Waals surface area contributed by atoms with Gasteiger partial charge < -0.3 is 5.73 Å². The van der Waals surface area contributed by atoms with Crippen LogP contribution in [0.15, 0.2) is 59.9 Å². The van der Waals surface area contributed by atoms with Crippen LogP contribution in [-0.2, 0) is 11.3 Å². The van der Waals surface area contributed by atoms with Crippen LogP contribution in [0.2, 0.25) is 5.02 Å². The summed E-state index contributed by atoms with van der Waals surface area (Å²) >= 11 is 6.11. The summed E-state index contributed by atoms with van der Waals surface area (Å²) in [6.45, 7) is 6.13. The molecule has 0 spiro atoms. The number of aliphatic imine (C=N–C) groups is 1. The van der Waals surface area contributed by atoms with E-state index in [4.69, 9.17) is 22.3 Å². The highest BCUT2D eigenvalue weighted by atomic mass is 35.5. The molecule has 0 bridgehead atoms. The second-order valence-corrected chi connectivity index (χ2v) is 8.00. The molecule has 0 aliphatic carbocycles. The Morgan fingerprint density at radius 1 is 1.12 bits per heavy atom. The highest BCUT2D eigenvalue weighted by Crippen LogP contribution is 2.33. The Balaban J connectivity index is 1.70. The molecule has 2 aromatic carbocycles. The minimum Gasteiger partial charge on any atom is -0.368 e. The van der Waals surface area contributed by atoms with E-state index in [9.17, 15) is 4.79 Å². The SMILES string of the molecule is [CH2][C@H]1N=C(c2ccc(Cl)cc2)c2cc(-c3cnn(CC(N)=O)c3)ccc2-n2c(C)nnc21. The molecule has 0 unspecified atom stereocenters. The molecule has 5 rings (SSSR count). The number of nitrogens with zero attached hydrogens (tertiary/aromatic N) is 6. The van der Waals surface area contributed by atoms with E-state index in [-0.39, 0.29) is 6.54 Å². The van der Waals surface area contributed by atoms with Gasteiger partial charge in [-0.2, -0.15) is 5.10 Å². The van der Waals surface area contributed by atoms with Crippen molar-refractivity contribution < 1.29 is 4.79 Å². The van der Waals surface area contributed by atoms with Gasteiger partial charge in [-0.25, -0.2) is 0 Å². The largest absolute Gasteiger partial charge is 0.368 e. The zero-order chi connectivity index (χ0) is 22.4. The van der Waals surface area contributed by atoms with E-state index in [1.54, 1.807) is 12.4 Å². The fraction of sp³-hybridized carbons (Fsp3) is 0.130. The monoisotopic (exact) mass is 444 g/mol. The van der Waals surface area contributed by atoms with Gasteiger partial charge in [-0.05, 0) is 43.7 Å². The first-order valence-corrected chi connectivity index (χ1v) is 10.3. The lowest BCUT2D eigenvalue weighted by molar-refractivity contribution is -0.118. The summed E-state index contributed by atoms with van der Waals surface area (Å²) < 4.78 is 3.51. The molecule has 2 aromatic heterocycles. The van der Waals surface area contributed by atoms with Crippen LogP contribution in [0, 0.1) is 13.8 Å². The fourth-order valence-electron chi connectivity index (χ4n) is 3.87. The van der Waals surface area contributed by atoms with E-state index >= 15 is 0 Å². The molecular formula is C23H19ClN7O. The molecule has 159 valence electrons. The van der Waals surface area contributed by atoms with Gasteiger partial charge >= 0.3 is 0 Å². The molecule has 1 amide bonds. The summed E-state index contributed by atoms with van der Waals surface area (Å²) in [6.07, 6.45) is 3.50. The summed E-state index contributed by atoms with van der Waals surface area (Å²) in [4.78, 5) is 16.1. The number of hydrogen-bond acceptors (Lipinski definition) is 5. The van der Waals surface area contributed by atoms with E-state index in [0.29, 0.717) is 10.8 Å². The maximum Gasteiger partial charge on any atom is 0.239 e. The molecule has 3 heterocycles. The third-order valence-corrected chi connectivity index (χ3v) is 5.58. The van der Waals surface area contributed by atoms with Crippen molar-refractivity contribution in [3.05, 3.63) is 89.6 Å². The van der Waals surface area contributed by atoms with E-state index in [1.807, 2.05) is 47.9 Å². The Hall–Kier alpha value is -3.78. The molecular weight excluding hydrogens is 426 g/mol. The van der Waals surface area contributed by atoms with Gasteiger partial charge in [-0.15, -0.1) is 10.2 Å². The predicted molar refractivity (Wildman–Crippen MR) is 122 cm³/mol. The van der Waals surface area contributed by atoms with E-state index in [2.05, 4.69) is 28.3 Å². The van der Waals surface area contributed by atoms with Crippen LogP contribution in [0.4, 0.5) is 0 Å². The molecule has 4 aromatic rings. The maximum atomic E-state index is 11.2. The van der Waals surface area contributed by atoms with Crippen molar-refractivity contribution in [1.82, 2.24) is 24.5 Å². The molecule has 1 radical (unpaired) electrons. The minimum atomic E-state index is -0.448. The van der Waals surface area contributed by atoms with Gasteiger partial charge in [-0.1, -0.05) is 29.8 Å². The summed E-state index contributed by atoms with van der Waals surface area (Å²) in [5, 5.41) is 13.4. The van der Waals surface area contributed by atoms with Crippen molar-refractivity contribution in [3.8, 4) is 16.8 Å². The summed E-state index contributed by atoms with van der Waals surface area (Å²) in [5.74, 6) is 0.982. The van der Waals surface area contributed by atoms with Crippen molar-refractivity contribution in [2.24, 2.45) is 10.7 Å². The average molecular weight is 445 g/mol. The Bertz CT molecular complexity index is 1370. The van der Waals surface area contributed by atoms with Crippen molar-refractivity contribution in [2.45, 2.75) is 19.5 Å². The third-order valence-electron chi connectivity index (χ3n) is 5.33. The first-order valence-electron chi connectivity index (χ1n) is 9.95. The van der Waals surface area contributed by atoms with E-state index in [1.165, 1.54) is 4.68 Å². The number of carbonyl (C=O) groups is 1. The molecule has 2 N–H and O–H groups in total. The number of hydrogen-bond donors (Lipinski definition) is 1. The number of nitrogens with two attached hydrogens (primary N) is 1. The highest BCUT2D eigenvalue weighted by molar-refractivity contribution is 6.30. The smallest absolute Gasteiger partial charge is 0.239 e. The molecule has 0 saturated heterocycles. The second-order valence-electron chi connectivity index (χ2n) is 7.57. The molecule has 1 aliphatic rings. The number of amides is 1. The molecule has 32 heavy (non-hydrogen) atoms. The quantitative estimate of drug-likeness (QED) is 0.521. The number of benzene rings is 2. The lowest BCUT2D eigenvalue weighted by Crippen LogP contribution is -2.18. The zero-order valence-electron chi connectivity index (χ0n) is 17.2. The van der Waals surface area contributed by atoms with Crippen LogP contribution in [0.5, 0.6) is 0 Å². The number of rotatable bonds is 4. The molecule has 1 aliphatic heterocycles. The van der Waals surface area contributed by atoms with Crippen LogP contribution in [0.25, 0.3) is 16.8 Å². The first-order chi connectivity index (χ1) is 15.4. The van der Waals surface area contributed by atoms with Crippen molar-refractivity contribution in [3.63, 3.8) is 0 Å². The number of halogens is 1. The number of fused-ring (bicyclic) bond motifs is 3. The first kappa shape index (κ1) is 20.1. The summed E-state index contributed by atoms with van der Waals surface area (Å²) in [6, 6.07) is 13.2. The molecule has 9 heteroatoms. The van der Waals surface area contributed by atoms with Crippen molar-refractivity contribution in [1.29, 1.82) is 0 Å². The van der Waals surface area contributed by atoms with Crippen LogP contribution < -0.4 is 5.73 Å². The van der Waals surface area contributed by atoms with Gasteiger partial charge in [0.25, 0.3) is 0 Å². The van der Waals surface area contributed by atoms with Crippen molar-refractivity contribution in [2.75, 3.05) is 0 Å². The van der Waals surface area contributed by atoms with Crippen LogP contribution in [0.3, 0.4) is 0 Å². The average Bonchev–Trinajstić information content (AvgIpc) is 3.35. The maximum absolute atomic E-state index is 11.2. The van der Waals surface area contributed by atoms with Gasteiger partial charge in [0, 0.05) is 27.9 Å². The third kappa shape index (κ3) is 3.48. The number of carbonyl (C=O) groups excluding carboxylic acids is 1. The number of aryl methyl sites for hydroxylation is 1. The van der Waals surface area contributed by atoms with E-state index in [0.717, 1.165) is 39.5 Å². The van der Waals surface area contributed by atoms with Gasteiger partial charge in [0.2, 0.25) is 5.91 Å². The van der Waals surface area contributed by atoms with Gasteiger partial charge in [0.15, 0.2) is 5.82 Å². The second kappa shape index (κ2) is 7.72. The lowest BCUT2D eigenvalue weighted by atomic mass is 9.96. The van der Waals surface area contributed by atoms with Crippen molar-refractivity contribution >= 4 is 23.2 Å². The summed E-state index contributed by atoms with van der Waals surface area (Å²) in [5.41, 5.74) is 10.6. The predicted octanol–water partition coefficient (Wildman–Crippen LogP) is 3.30. The Morgan fingerprint density at radius 3 is 2.62 bits per heavy atom. The minimum absolute atomic E-state index is 0.0227. The molecule has 8 nitrogen and oxygen atoms in total. The topological polar surface area (TPSA) is 104 Å². The molecule has 1 atom stereocenters. The Labute approximate surface area is 189 Å². The Morgan fingerprint density at radius 2 is 1.88 bits per heavy atom. The number of primary amides is 1. The van der Waals surface area contributed by atoms with Crippen LogP contribution in [0.1, 0.15) is 28.8 Å². The molecule has 0 saturated carbocycles. The van der Waals surface area contributed by atoms with Crippen LogP contribution >= 0.6 is 11.6 Å². The standard InChI is InChI=1S/C23H19ClN7O/c1-13-23-29-28-14(2)31(23)20-8-5-16(17-10-26-30(11-17)12-21(25)32)9-19(20)22(27-13)15-3-6-18(24)7-4-15/h3-11,13H,1,12H2,2H3,(H2,25,32)/t13-/m1/s1. The molecule has 0 fully saturated rings. The highest BCUT2D eigenvalue weighted by Gasteiger charge is 2.26. The van der Waals surface area contributed by atoms with E-state index < -0.39 is 11.9 Å². The van der Waals surface area contributed by atoms with Gasteiger partial charge in [-0.3, -0.25) is 19.0 Å². The Kier molecular flexibility index (Phi) is 4.86. The number of aromatic nitrogens is 5. The van der Waals surface area contributed by atoms with Crippen LogP contribution in [-0.4, -0.2) is 36.2 Å². The van der Waals surface area contributed by atoms with Gasteiger partial charge in [0.05, 0.1) is 17.6 Å². The lowest BCUT2D eigenvalue weighted by Gasteiger charge is -2.14.